The molecule has 0 saturated heterocycles. The highest BCUT2D eigenvalue weighted by Crippen LogP contribution is 2.25. The molecule has 90 valence electrons. The maximum absolute atomic E-state index is 14.1. The van der Waals surface area contributed by atoms with E-state index in [0.717, 1.165) is 0 Å². The average molecular weight is 235 g/mol. The monoisotopic (exact) mass is 235 g/mol. The number of nitrogens with zero attached hydrogens (tertiary/aromatic N) is 2. The number of halogens is 1. The molecule has 4 nitrogen and oxygen atoms in total. The number of aryl methyl sites for hydroxylation is 1. The van der Waals surface area contributed by atoms with E-state index < -0.39 is 0 Å². The molecule has 0 fully saturated rings. The third kappa shape index (κ3) is 2.14. The summed E-state index contributed by atoms with van der Waals surface area (Å²) in [6, 6.07) is 6.79. The number of aromatic nitrogens is 2. The summed E-state index contributed by atoms with van der Waals surface area (Å²) >= 11 is 0. The van der Waals surface area contributed by atoms with Gasteiger partial charge in [-0.15, -0.1) is 0 Å². The molecule has 0 spiro atoms. The fraction of sp³-hybridized carbons (Fsp3) is 0.250. The molecule has 0 aliphatic heterocycles. The summed E-state index contributed by atoms with van der Waals surface area (Å²) < 4.78 is 20.6. The maximum atomic E-state index is 14.1. The minimum absolute atomic E-state index is 0.238. The Kier molecular flexibility index (Phi) is 3.10. The van der Waals surface area contributed by atoms with E-state index in [1.54, 1.807) is 31.3 Å². The van der Waals surface area contributed by atoms with E-state index in [1.807, 2.05) is 0 Å². The van der Waals surface area contributed by atoms with Gasteiger partial charge in [0.25, 0.3) is 0 Å². The smallest absolute Gasteiger partial charge is 0.138 e. The van der Waals surface area contributed by atoms with Gasteiger partial charge in [0.05, 0.1) is 12.3 Å². The van der Waals surface area contributed by atoms with Gasteiger partial charge in [-0.3, -0.25) is 4.68 Å². The predicted octanol–water partition coefficient (Wildman–Crippen LogP) is 1.95. The molecule has 1 aromatic heterocycles. The predicted molar refractivity (Wildman–Crippen MR) is 63.7 cm³/mol. The molecule has 0 aliphatic rings. The summed E-state index contributed by atoms with van der Waals surface area (Å²) in [6.07, 6.45) is 0. The number of nitrogens with two attached hydrogens (primary N) is 1. The van der Waals surface area contributed by atoms with E-state index in [2.05, 4.69) is 5.10 Å². The molecular formula is C12H14FN3O. The second-order valence-electron chi connectivity index (χ2n) is 3.79. The minimum Gasteiger partial charge on any atom is -0.384 e. The Morgan fingerprint density at radius 3 is 2.82 bits per heavy atom. The van der Waals surface area contributed by atoms with Gasteiger partial charge in [0.1, 0.15) is 11.6 Å². The van der Waals surface area contributed by atoms with Crippen LogP contribution in [0.4, 0.5) is 10.2 Å². The Balaban J connectivity index is 2.48. The molecule has 0 saturated carbocycles. The van der Waals surface area contributed by atoms with E-state index >= 15 is 0 Å². The Morgan fingerprint density at radius 1 is 1.47 bits per heavy atom. The zero-order chi connectivity index (χ0) is 12.4. The Morgan fingerprint density at radius 2 is 2.24 bits per heavy atom. The van der Waals surface area contributed by atoms with Gasteiger partial charge in [-0.25, -0.2) is 4.39 Å². The molecule has 0 aliphatic carbocycles. The van der Waals surface area contributed by atoms with Crippen LogP contribution in [0.5, 0.6) is 0 Å². The lowest BCUT2D eigenvalue weighted by Gasteiger charge is -2.05. The van der Waals surface area contributed by atoms with Crippen molar-refractivity contribution in [2.45, 2.75) is 6.61 Å². The number of nitrogen functional groups attached to an aromatic ring is 1. The molecule has 0 amide bonds. The van der Waals surface area contributed by atoms with Crippen molar-refractivity contribution in [3.05, 3.63) is 35.6 Å². The fourth-order valence-electron chi connectivity index (χ4n) is 1.66. The molecule has 2 rings (SSSR count). The second-order valence-corrected chi connectivity index (χ2v) is 3.79. The van der Waals surface area contributed by atoms with Crippen molar-refractivity contribution in [3.63, 3.8) is 0 Å². The summed E-state index contributed by atoms with van der Waals surface area (Å²) in [7, 11) is 3.25. The lowest BCUT2D eigenvalue weighted by atomic mass is 10.1. The van der Waals surface area contributed by atoms with Gasteiger partial charge in [-0.1, -0.05) is 12.1 Å². The molecule has 1 aromatic carbocycles. The molecule has 0 atom stereocenters. The van der Waals surface area contributed by atoms with Crippen molar-refractivity contribution in [2.75, 3.05) is 12.8 Å². The Hall–Kier alpha value is -1.88. The molecule has 1 heterocycles. The molecule has 5 heteroatoms. The molecule has 17 heavy (non-hydrogen) atoms. The van der Waals surface area contributed by atoms with Gasteiger partial charge in [0.15, 0.2) is 0 Å². The van der Waals surface area contributed by atoms with E-state index in [1.165, 1.54) is 11.8 Å². The lowest BCUT2D eigenvalue weighted by Crippen LogP contribution is -1.97. The lowest BCUT2D eigenvalue weighted by molar-refractivity contribution is 0.181. The summed E-state index contributed by atoms with van der Waals surface area (Å²) in [5.74, 6) is 0.184. The summed E-state index contributed by atoms with van der Waals surface area (Å²) in [5, 5.41) is 4.15. The van der Waals surface area contributed by atoms with Crippen LogP contribution in [0.1, 0.15) is 5.56 Å². The van der Waals surface area contributed by atoms with Gasteiger partial charge in [0.2, 0.25) is 0 Å². The SMILES string of the molecule is COCc1cccc(-c2cc(N)n(C)n2)c1F. The number of rotatable bonds is 3. The van der Waals surface area contributed by atoms with Crippen molar-refractivity contribution in [1.82, 2.24) is 9.78 Å². The minimum atomic E-state index is -0.313. The van der Waals surface area contributed by atoms with E-state index in [-0.39, 0.29) is 12.4 Å². The van der Waals surface area contributed by atoms with Crippen LogP contribution in [-0.4, -0.2) is 16.9 Å². The first kappa shape index (κ1) is 11.6. The number of hydrogen-bond acceptors (Lipinski definition) is 3. The van der Waals surface area contributed by atoms with Crippen molar-refractivity contribution in [2.24, 2.45) is 7.05 Å². The van der Waals surface area contributed by atoms with Crippen LogP contribution in [0.2, 0.25) is 0 Å². The van der Waals surface area contributed by atoms with Gasteiger partial charge in [-0.05, 0) is 6.07 Å². The summed E-state index contributed by atoms with van der Waals surface area (Å²) in [4.78, 5) is 0. The van der Waals surface area contributed by atoms with Gasteiger partial charge < -0.3 is 10.5 Å². The van der Waals surface area contributed by atoms with Crippen molar-refractivity contribution >= 4 is 5.82 Å². The molecule has 0 unspecified atom stereocenters. The highest BCUT2D eigenvalue weighted by molar-refractivity contribution is 5.63. The largest absolute Gasteiger partial charge is 0.384 e. The summed E-state index contributed by atoms with van der Waals surface area (Å²) in [5.41, 5.74) is 7.15. The Bertz CT molecular complexity index is 517. The van der Waals surface area contributed by atoms with Crippen LogP contribution < -0.4 is 5.73 Å². The third-order valence-electron chi connectivity index (χ3n) is 2.57. The number of ether oxygens (including phenoxy) is 1. The van der Waals surface area contributed by atoms with Crippen molar-refractivity contribution in [3.8, 4) is 11.3 Å². The molecule has 0 radical (unpaired) electrons. The molecular weight excluding hydrogens is 221 g/mol. The average Bonchev–Trinajstić information content (AvgIpc) is 2.62. The number of hydrogen-bond donors (Lipinski definition) is 1. The van der Waals surface area contributed by atoms with Crippen molar-refractivity contribution in [1.29, 1.82) is 0 Å². The maximum Gasteiger partial charge on any atom is 0.138 e. The van der Waals surface area contributed by atoms with Crippen LogP contribution in [-0.2, 0) is 18.4 Å². The van der Waals surface area contributed by atoms with Gasteiger partial charge >= 0.3 is 0 Å². The van der Waals surface area contributed by atoms with Gasteiger partial charge in [-0.2, -0.15) is 5.10 Å². The van der Waals surface area contributed by atoms with Crippen LogP contribution in [0.3, 0.4) is 0 Å². The first-order valence-electron chi connectivity index (χ1n) is 5.19. The highest BCUT2D eigenvalue weighted by Gasteiger charge is 2.12. The number of benzene rings is 1. The molecule has 2 N–H and O–H groups in total. The first-order chi connectivity index (χ1) is 8.13. The zero-order valence-corrected chi connectivity index (χ0v) is 9.77. The quantitative estimate of drug-likeness (QED) is 0.884. The standard InChI is InChI=1S/C12H14FN3O/c1-16-11(14)6-10(15-16)9-5-3-4-8(7-17-2)12(9)13/h3-6H,7,14H2,1-2H3. The molecule has 0 bridgehead atoms. The van der Waals surface area contributed by atoms with Crippen LogP contribution in [0.25, 0.3) is 11.3 Å². The normalized spacial score (nSPS) is 10.8. The van der Waals surface area contributed by atoms with Crippen LogP contribution >= 0.6 is 0 Å². The van der Waals surface area contributed by atoms with Crippen molar-refractivity contribution < 1.29 is 9.13 Å². The third-order valence-corrected chi connectivity index (χ3v) is 2.57. The number of anilines is 1. The second kappa shape index (κ2) is 4.55. The highest BCUT2D eigenvalue weighted by atomic mass is 19.1. The first-order valence-corrected chi connectivity index (χ1v) is 5.19. The molecule has 2 aromatic rings. The van der Waals surface area contributed by atoms with E-state index in [0.29, 0.717) is 22.6 Å². The van der Waals surface area contributed by atoms with E-state index in [4.69, 9.17) is 10.5 Å². The fourth-order valence-corrected chi connectivity index (χ4v) is 1.66. The number of methoxy groups -OCH3 is 1. The zero-order valence-electron chi connectivity index (χ0n) is 9.77. The topological polar surface area (TPSA) is 53.1 Å². The van der Waals surface area contributed by atoms with E-state index in [9.17, 15) is 4.39 Å². The Labute approximate surface area is 98.8 Å². The van der Waals surface area contributed by atoms with Gasteiger partial charge in [0, 0.05) is 31.4 Å². The van der Waals surface area contributed by atoms with Crippen LogP contribution in [0, 0.1) is 5.82 Å². The summed E-state index contributed by atoms with van der Waals surface area (Å²) in [6.45, 7) is 0.238. The van der Waals surface area contributed by atoms with Crippen LogP contribution in [0.15, 0.2) is 24.3 Å².